The van der Waals surface area contributed by atoms with Crippen molar-refractivity contribution < 1.29 is 0 Å². The van der Waals surface area contributed by atoms with E-state index in [2.05, 4.69) is 42.8 Å². The van der Waals surface area contributed by atoms with Gasteiger partial charge in [-0.3, -0.25) is 4.90 Å². The Morgan fingerprint density at radius 2 is 1.76 bits per heavy atom. The van der Waals surface area contributed by atoms with E-state index < -0.39 is 0 Å². The van der Waals surface area contributed by atoms with Crippen LogP contribution < -0.4 is 5.32 Å². The molecule has 2 fully saturated rings. The van der Waals surface area contributed by atoms with Gasteiger partial charge in [-0.2, -0.15) is 0 Å². The Bertz CT molecular complexity index is 276. The summed E-state index contributed by atoms with van der Waals surface area (Å²) in [6.07, 6.45) is 6.87. The molecule has 1 N–H and O–H groups in total. The molecule has 0 amide bonds. The molecule has 2 rings (SSSR count). The fourth-order valence-corrected chi connectivity index (χ4v) is 4.07. The van der Waals surface area contributed by atoms with E-state index in [1.807, 2.05) is 0 Å². The molecule has 21 heavy (non-hydrogen) atoms. The summed E-state index contributed by atoms with van der Waals surface area (Å²) >= 11 is 0. The summed E-state index contributed by atoms with van der Waals surface area (Å²) in [7, 11) is 0. The van der Waals surface area contributed by atoms with E-state index in [9.17, 15) is 0 Å². The minimum Gasteiger partial charge on any atom is -0.313 e. The highest BCUT2D eigenvalue weighted by atomic mass is 15.2. The quantitative estimate of drug-likeness (QED) is 0.813. The van der Waals surface area contributed by atoms with Crippen molar-refractivity contribution in [1.29, 1.82) is 0 Å². The van der Waals surface area contributed by atoms with Crippen molar-refractivity contribution in [2.75, 3.05) is 32.7 Å². The van der Waals surface area contributed by atoms with Gasteiger partial charge in [-0.25, -0.2) is 0 Å². The lowest BCUT2D eigenvalue weighted by Crippen LogP contribution is -2.53. The molecule has 3 nitrogen and oxygen atoms in total. The summed E-state index contributed by atoms with van der Waals surface area (Å²) in [6, 6.07) is 2.21. The Morgan fingerprint density at radius 1 is 1.05 bits per heavy atom. The lowest BCUT2D eigenvalue weighted by molar-refractivity contribution is 0.0689. The molecule has 1 unspecified atom stereocenters. The molecule has 2 heterocycles. The van der Waals surface area contributed by atoms with Gasteiger partial charge in [-0.1, -0.05) is 20.3 Å². The molecule has 2 aliphatic heterocycles. The fraction of sp³-hybridized carbons (Fsp3) is 1.00. The highest BCUT2D eigenvalue weighted by Crippen LogP contribution is 2.21. The predicted octanol–water partition coefficient (Wildman–Crippen LogP) is 2.96. The monoisotopic (exact) mass is 295 g/mol. The topological polar surface area (TPSA) is 18.5 Å². The first-order chi connectivity index (χ1) is 10.1. The third-order valence-electron chi connectivity index (χ3n) is 5.16. The Balaban J connectivity index is 1.81. The van der Waals surface area contributed by atoms with Gasteiger partial charge in [0, 0.05) is 31.2 Å². The summed E-state index contributed by atoms with van der Waals surface area (Å²) < 4.78 is 0. The van der Waals surface area contributed by atoms with Gasteiger partial charge in [0.2, 0.25) is 0 Å². The van der Waals surface area contributed by atoms with Crippen LogP contribution in [0.4, 0.5) is 0 Å². The molecule has 0 spiro atoms. The number of nitrogens with zero attached hydrogens (tertiary/aromatic N) is 2. The van der Waals surface area contributed by atoms with E-state index in [0.717, 1.165) is 18.0 Å². The minimum atomic E-state index is 0.676. The Morgan fingerprint density at radius 3 is 2.29 bits per heavy atom. The van der Waals surface area contributed by atoms with Gasteiger partial charge in [0.05, 0.1) is 0 Å². The number of nitrogens with one attached hydrogen (secondary N) is 1. The van der Waals surface area contributed by atoms with Crippen LogP contribution in [0.2, 0.25) is 0 Å². The van der Waals surface area contributed by atoms with Gasteiger partial charge in [0.25, 0.3) is 0 Å². The summed E-state index contributed by atoms with van der Waals surface area (Å²) in [4.78, 5) is 5.45. The molecule has 0 aliphatic carbocycles. The SMILES string of the molecule is CC(C)CN1CCC(N(CC2CCCCN2)C(C)C)CC1. The standard InChI is InChI=1S/C18H37N3/c1-15(2)13-20-11-8-18(9-12-20)21(16(3)4)14-17-7-5-6-10-19-17/h15-19H,5-14H2,1-4H3. The van der Waals surface area contributed by atoms with Crippen LogP contribution in [-0.4, -0.2) is 60.6 Å². The number of rotatable bonds is 6. The fourth-order valence-electron chi connectivity index (χ4n) is 4.07. The molecule has 0 aromatic rings. The van der Waals surface area contributed by atoms with Gasteiger partial charge < -0.3 is 10.2 Å². The number of hydrogen-bond donors (Lipinski definition) is 1. The van der Waals surface area contributed by atoms with E-state index >= 15 is 0 Å². The van der Waals surface area contributed by atoms with Crippen molar-refractivity contribution in [1.82, 2.24) is 15.1 Å². The zero-order chi connectivity index (χ0) is 15.2. The molecule has 0 aromatic heterocycles. The normalized spacial score (nSPS) is 26.1. The van der Waals surface area contributed by atoms with Crippen LogP contribution in [0.1, 0.15) is 59.8 Å². The third kappa shape index (κ3) is 5.54. The van der Waals surface area contributed by atoms with Crippen LogP contribution >= 0.6 is 0 Å². The van der Waals surface area contributed by atoms with Crippen LogP contribution in [0.15, 0.2) is 0 Å². The molecule has 0 bridgehead atoms. The minimum absolute atomic E-state index is 0.676. The first kappa shape index (κ1) is 17.2. The maximum Gasteiger partial charge on any atom is 0.0195 e. The highest BCUT2D eigenvalue weighted by molar-refractivity contribution is 4.85. The Labute approximate surface area is 132 Å². The van der Waals surface area contributed by atoms with Gasteiger partial charge in [0.1, 0.15) is 0 Å². The second-order valence-electron chi connectivity index (χ2n) is 7.86. The van der Waals surface area contributed by atoms with Crippen molar-refractivity contribution in [2.45, 2.75) is 77.9 Å². The molecule has 0 radical (unpaired) electrons. The van der Waals surface area contributed by atoms with Crippen molar-refractivity contribution in [3.63, 3.8) is 0 Å². The zero-order valence-corrected chi connectivity index (χ0v) is 14.8. The Hall–Kier alpha value is -0.120. The molecule has 1 atom stereocenters. The van der Waals surface area contributed by atoms with Gasteiger partial charge in [0.15, 0.2) is 0 Å². The summed E-state index contributed by atoms with van der Waals surface area (Å²) in [5.74, 6) is 0.800. The van der Waals surface area contributed by atoms with Gasteiger partial charge in [-0.05, 0) is 65.1 Å². The summed E-state index contributed by atoms with van der Waals surface area (Å²) in [5, 5.41) is 3.73. The molecule has 0 saturated carbocycles. The van der Waals surface area contributed by atoms with E-state index in [4.69, 9.17) is 0 Å². The molecular weight excluding hydrogens is 258 g/mol. The lowest BCUT2D eigenvalue weighted by Gasteiger charge is -2.43. The first-order valence-corrected chi connectivity index (χ1v) is 9.27. The molecule has 2 saturated heterocycles. The lowest BCUT2D eigenvalue weighted by atomic mass is 9.98. The van der Waals surface area contributed by atoms with Gasteiger partial charge in [-0.15, -0.1) is 0 Å². The average Bonchev–Trinajstić information content (AvgIpc) is 2.46. The molecule has 124 valence electrons. The second kappa shape index (κ2) is 8.50. The van der Waals surface area contributed by atoms with Crippen molar-refractivity contribution >= 4 is 0 Å². The predicted molar refractivity (Wildman–Crippen MR) is 91.8 cm³/mol. The molecule has 0 aromatic carbocycles. The molecule has 3 heteroatoms. The van der Waals surface area contributed by atoms with E-state index in [-0.39, 0.29) is 0 Å². The van der Waals surface area contributed by atoms with Crippen LogP contribution in [0.3, 0.4) is 0 Å². The molecule has 2 aliphatic rings. The summed E-state index contributed by atoms with van der Waals surface area (Å²) in [6.45, 7) is 15.8. The van der Waals surface area contributed by atoms with Crippen molar-refractivity contribution in [3.05, 3.63) is 0 Å². The average molecular weight is 296 g/mol. The number of piperidine rings is 2. The smallest absolute Gasteiger partial charge is 0.0195 e. The Kier molecular flexibility index (Phi) is 6.97. The van der Waals surface area contributed by atoms with Crippen LogP contribution in [0.5, 0.6) is 0 Å². The van der Waals surface area contributed by atoms with Crippen LogP contribution in [0, 0.1) is 5.92 Å². The van der Waals surface area contributed by atoms with E-state index in [0.29, 0.717) is 6.04 Å². The van der Waals surface area contributed by atoms with Crippen LogP contribution in [-0.2, 0) is 0 Å². The van der Waals surface area contributed by atoms with E-state index in [1.165, 1.54) is 64.8 Å². The maximum atomic E-state index is 3.73. The van der Waals surface area contributed by atoms with Crippen molar-refractivity contribution in [3.8, 4) is 0 Å². The zero-order valence-electron chi connectivity index (χ0n) is 14.8. The van der Waals surface area contributed by atoms with Crippen LogP contribution in [0.25, 0.3) is 0 Å². The maximum absolute atomic E-state index is 3.73. The van der Waals surface area contributed by atoms with Gasteiger partial charge >= 0.3 is 0 Å². The second-order valence-corrected chi connectivity index (χ2v) is 7.86. The number of likely N-dealkylation sites (tertiary alicyclic amines) is 1. The largest absolute Gasteiger partial charge is 0.313 e. The first-order valence-electron chi connectivity index (χ1n) is 9.27. The van der Waals surface area contributed by atoms with Crippen molar-refractivity contribution in [2.24, 2.45) is 5.92 Å². The molecular formula is C18H37N3. The number of hydrogen-bond acceptors (Lipinski definition) is 3. The van der Waals surface area contributed by atoms with E-state index in [1.54, 1.807) is 0 Å². The third-order valence-corrected chi connectivity index (χ3v) is 5.16. The summed E-state index contributed by atoms with van der Waals surface area (Å²) in [5.41, 5.74) is 0. The highest BCUT2D eigenvalue weighted by Gasteiger charge is 2.28.